The minimum Gasteiger partial charge on any atom is -0.399 e. The van der Waals surface area contributed by atoms with Crippen LogP contribution < -0.4 is 11.5 Å². The number of nitrogens with zero attached hydrogens (tertiary/aromatic N) is 1. The minimum atomic E-state index is 0.478. The summed E-state index contributed by atoms with van der Waals surface area (Å²) in [6.45, 7) is 14.9. The summed E-state index contributed by atoms with van der Waals surface area (Å²) < 4.78 is 0. The van der Waals surface area contributed by atoms with E-state index in [1.807, 2.05) is 7.05 Å². The van der Waals surface area contributed by atoms with Crippen molar-refractivity contribution in [2.75, 3.05) is 7.05 Å². The number of hydrogen-bond acceptors (Lipinski definition) is 3. The Morgan fingerprint density at radius 1 is 0.812 bits per heavy atom. The standard InChI is InChI=1S/C13H19N3/c1-10(14)6-8-12(3)16(5)13(4)9-7-11(2)15/h6-9H,1-4,14-15H2,5H3/b8-6-,9-7-. The predicted octanol–water partition coefficient (Wildman–Crippen LogP) is 2.00. The Morgan fingerprint density at radius 3 is 1.38 bits per heavy atom. The molecule has 0 aromatic rings. The molecule has 86 valence electrons. The van der Waals surface area contributed by atoms with E-state index in [4.69, 9.17) is 11.5 Å². The van der Waals surface area contributed by atoms with E-state index in [0.29, 0.717) is 11.4 Å². The molecule has 0 aliphatic carbocycles. The van der Waals surface area contributed by atoms with Gasteiger partial charge in [0.25, 0.3) is 0 Å². The van der Waals surface area contributed by atoms with Crippen molar-refractivity contribution in [1.29, 1.82) is 0 Å². The van der Waals surface area contributed by atoms with Gasteiger partial charge in [-0.3, -0.25) is 0 Å². The zero-order valence-electron chi connectivity index (χ0n) is 9.74. The molecule has 0 fully saturated rings. The smallest absolute Gasteiger partial charge is 0.0335 e. The van der Waals surface area contributed by atoms with Crippen LogP contribution in [-0.2, 0) is 0 Å². The van der Waals surface area contributed by atoms with Crippen LogP contribution >= 0.6 is 0 Å². The number of allylic oxidation sites excluding steroid dienone is 4. The molecule has 3 heteroatoms. The lowest BCUT2D eigenvalue weighted by atomic mass is 10.3. The summed E-state index contributed by atoms with van der Waals surface area (Å²) in [4.78, 5) is 1.80. The van der Waals surface area contributed by atoms with Gasteiger partial charge in [-0.1, -0.05) is 26.3 Å². The van der Waals surface area contributed by atoms with E-state index < -0.39 is 0 Å². The molecule has 0 spiro atoms. The number of hydrogen-bond donors (Lipinski definition) is 2. The fraction of sp³-hybridized carbons (Fsp3) is 0.0769. The Morgan fingerprint density at radius 2 is 1.12 bits per heavy atom. The fourth-order valence-corrected chi connectivity index (χ4v) is 0.815. The number of nitrogens with two attached hydrogens (primary N) is 2. The number of rotatable bonds is 6. The van der Waals surface area contributed by atoms with Gasteiger partial charge in [0.05, 0.1) is 0 Å². The van der Waals surface area contributed by atoms with Crippen LogP contribution in [0, 0.1) is 0 Å². The summed E-state index contributed by atoms with van der Waals surface area (Å²) >= 11 is 0. The Kier molecular flexibility index (Phi) is 5.49. The third kappa shape index (κ3) is 5.54. The van der Waals surface area contributed by atoms with Gasteiger partial charge in [-0.25, -0.2) is 0 Å². The molecule has 0 unspecified atom stereocenters. The Balaban J connectivity index is 4.50. The topological polar surface area (TPSA) is 55.3 Å². The molecule has 0 aliphatic heterocycles. The van der Waals surface area contributed by atoms with Gasteiger partial charge in [-0.15, -0.1) is 0 Å². The van der Waals surface area contributed by atoms with Crippen LogP contribution in [0.4, 0.5) is 0 Å². The zero-order chi connectivity index (χ0) is 12.7. The van der Waals surface area contributed by atoms with Crippen LogP contribution in [0.3, 0.4) is 0 Å². The van der Waals surface area contributed by atoms with Crippen molar-refractivity contribution in [2.45, 2.75) is 0 Å². The highest BCUT2D eigenvalue weighted by Crippen LogP contribution is 2.10. The summed E-state index contributed by atoms with van der Waals surface area (Å²) in [6, 6.07) is 0. The Labute approximate surface area is 97.4 Å². The first-order chi connectivity index (χ1) is 7.34. The van der Waals surface area contributed by atoms with Crippen molar-refractivity contribution >= 4 is 0 Å². The van der Waals surface area contributed by atoms with E-state index in [1.54, 1.807) is 29.2 Å². The first-order valence-electron chi connectivity index (χ1n) is 4.71. The molecule has 0 bridgehead atoms. The third-order valence-electron chi connectivity index (χ3n) is 1.84. The molecule has 0 rings (SSSR count). The fourth-order valence-electron chi connectivity index (χ4n) is 0.815. The van der Waals surface area contributed by atoms with Crippen molar-refractivity contribution < 1.29 is 0 Å². The van der Waals surface area contributed by atoms with Crippen LogP contribution in [0.15, 0.2) is 73.4 Å². The maximum Gasteiger partial charge on any atom is 0.0335 e. The van der Waals surface area contributed by atoms with E-state index in [9.17, 15) is 0 Å². The molecule has 0 aromatic heterocycles. The molecule has 4 N–H and O–H groups in total. The highest BCUT2D eigenvalue weighted by Gasteiger charge is 1.99. The minimum absolute atomic E-state index is 0.478. The third-order valence-corrected chi connectivity index (χ3v) is 1.84. The van der Waals surface area contributed by atoms with Crippen molar-refractivity contribution in [3.63, 3.8) is 0 Å². The Hall–Kier alpha value is -2.16. The summed E-state index contributed by atoms with van der Waals surface area (Å²) in [5.74, 6) is 0. The van der Waals surface area contributed by atoms with Gasteiger partial charge in [-0.05, 0) is 24.3 Å². The monoisotopic (exact) mass is 217 g/mol. The molecule has 0 saturated heterocycles. The first kappa shape index (κ1) is 13.8. The first-order valence-corrected chi connectivity index (χ1v) is 4.71. The summed E-state index contributed by atoms with van der Waals surface area (Å²) in [5, 5.41) is 0. The normalized spacial score (nSPS) is 10.6. The second-order valence-electron chi connectivity index (χ2n) is 3.36. The van der Waals surface area contributed by atoms with Gasteiger partial charge >= 0.3 is 0 Å². The second-order valence-corrected chi connectivity index (χ2v) is 3.36. The van der Waals surface area contributed by atoms with Gasteiger partial charge in [0.1, 0.15) is 0 Å². The second kappa shape index (κ2) is 6.35. The van der Waals surface area contributed by atoms with Gasteiger partial charge in [0.2, 0.25) is 0 Å². The highest BCUT2D eigenvalue weighted by atomic mass is 15.1. The quantitative estimate of drug-likeness (QED) is 0.669. The van der Waals surface area contributed by atoms with Crippen LogP contribution in [0.5, 0.6) is 0 Å². The van der Waals surface area contributed by atoms with E-state index >= 15 is 0 Å². The average Bonchev–Trinajstić information content (AvgIpc) is 2.21. The molecule has 16 heavy (non-hydrogen) atoms. The van der Waals surface area contributed by atoms with E-state index in [1.165, 1.54) is 0 Å². The molecule has 0 saturated carbocycles. The van der Waals surface area contributed by atoms with Gasteiger partial charge in [0, 0.05) is 29.8 Å². The van der Waals surface area contributed by atoms with Crippen LogP contribution in [0.2, 0.25) is 0 Å². The van der Waals surface area contributed by atoms with Crippen molar-refractivity contribution in [1.82, 2.24) is 4.90 Å². The van der Waals surface area contributed by atoms with Crippen molar-refractivity contribution in [3.8, 4) is 0 Å². The lowest BCUT2D eigenvalue weighted by Crippen LogP contribution is -2.13. The van der Waals surface area contributed by atoms with E-state index in [-0.39, 0.29) is 0 Å². The SMILES string of the molecule is C=C(N)/C=C\C(=C)N(C)C(=C)/C=C\C(=C)N. The van der Waals surface area contributed by atoms with Crippen LogP contribution in [-0.4, -0.2) is 11.9 Å². The highest BCUT2D eigenvalue weighted by molar-refractivity contribution is 5.29. The lowest BCUT2D eigenvalue weighted by Gasteiger charge is -2.19. The predicted molar refractivity (Wildman–Crippen MR) is 71.0 cm³/mol. The van der Waals surface area contributed by atoms with E-state index in [0.717, 1.165) is 11.4 Å². The van der Waals surface area contributed by atoms with Gasteiger partial charge in [0.15, 0.2) is 0 Å². The zero-order valence-corrected chi connectivity index (χ0v) is 9.74. The molecule has 3 nitrogen and oxygen atoms in total. The summed E-state index contributed by atoms with van der Waals surface area (Å²) in [5.41, 5.74) is 13.3. The van der Waals surface area contributed by atoms with Crippen LogP contribution in [0.25, 0.3) is 0 Å². The molecular formula is C13H19N3. The molecule has 0 atom stereocenters. The maximum absolute atomic E-state index is 5.41. The molecule has 0 amide bonds. The summed E-state index contributed by atoms with van der Waals surface area (Å²) in [6.07, 6.45) is 6.88. The molecule has 0 radical (unpaired) electrons. The van der Waals surface area contributed by atoms with E-state index in [2.05, 4.69) is 26.3 Å². The number of likely N-dealkylation sites (N-methyl/N-ethyl adjacent to an activating group) is 1. The van der Waals surface area contributed by atoms with Crippen molar-refractivity contribution in [2.24, 2.45) is 11.5 Å². The average molecular weight is 217 g/mol. The summed E-state index contributed by atoms with van der Waals surface area (Å²) in [7, 11) is 1.85. The largest absolute Gasteiger partial charge is 0.399 e. The maximum atomic E-state index is 5.41. The molecule has 0 heterocycles. The molecule has 0 aliphatic rings. The lowest BCUT2D eigenvalue weighted by molar-refractivity contribution is 0.559. The van der Waals surface area contributed by atoms with Gasteiger partial charge in [-0.2, -0.15) is 0 Å². The van der Waals surface area contributed by atoms with Crippen molar-refractivity contribution in [3.05, 3.63) is 73.4 Å². The van der Waals surface area contributed by atoms with Crippen LogP contribution in [0.1, 0.15) is 0 Å². The molecule has 0 aromatic carbocycles. The van der Waals surface area contributed by atoms with Gasteiger partial charge < -0.3 is 16.4 Å². The Bertz CT molecular complexity index is 337. The molecular weight excluding hydrogens is 198 g/mol.